The van der Waals surface area contributed by atoms with Gasteiger partial charge in [0.15, 0.2) is 0 Å². The van der Waals surface area contributed by atoms with Gasteiger partial charge in [0.1, 0.15) is 0 Å². The van der Waals surface area contributed by atoms with Gasteiger partial charge in [-0.15, -0.1) is 11.3 Å². The van der Waals surface area contributed by atoms with E-state index >= 15 is 0 Å². The number of fused-ring (bicyclic) bond motifs is 1. The van der Waals surface area contributed by atoms with E-state index in [9.17, 15) is 0 Å². The SMILES string of the molecule is Cc1ccc(N(c2ccc(C)cc2)c2cccc(-c3cc4ccccc4s3)c2)cc1. The molecule has 146 valence electrons. The highest BCUT2D eigenvalue weighted by Crippen LogP contribution is 2.39. The Morgan fingerprint density at radius 3 is 1.83 bits per heavy atom. The summed E-state index contributed by atoms with van der Waals surface area (Å²) in [6, 6.07) is 37.2. The number of aryl methyl sites for hydroxylation is 2. The second-order valence-electron chi connectivity index (χ2n) is 7.71. The van der Waals surface area contributed by atoms with Gasteiger partial charge < -0.3 is 4.90 Å². The summed E-state index contributed by atoms with van der Waals surface area (Å²) in [4.78, 5) is 3.63. The van der Waals surface area contributed by atoms with Gasteiger partial charge in [0.2, 0.25) is 0 Å². The summed E-state index contributed by atoms with van der Waals surface area (Å²) in [6.45, 7) is 4.25. The minimum atomic E-state index is 1.16. The predicted octanol–water partition coefficient (Wildman–Crippen LogP) is 8.65. The molecule has 5 rings (SSSR count). The van der Waals surface area contributed by atoms with E-state index in [1.54, 1.807) is 0 Å². The van der Waals surface area contributed by atoms with Crippen molar-refractivity contribution >= 4 is 38.5 Å². The lowest BCUT2D eigenvalue weighted by atomic mass is 10.1. The third-order valence-electron chi connectivity index (χ3n) is 5.40. The minimum absolute atomic E-state index is 1.16. The molecule has 2 heteroatoms. The molecule has 1 heterocycles. The van der Waals surface area contributed by atoms with Crippen molar-refractivity contribution < 1.29 is 0 Å². The van der Waals surface area contributed by atoms with Crippen molar-refractivity contribution in [3.8, 4) is 10.4 Å². The van der Waals surface area contributed by atoms with E-state index in [-0.39, 0.29) is 0 Å². The van der Waals surface area contributed by atoms with Crippen LogP contribution < -0.4 is 4.90 Å². The first-order valence-electron chi connectivity index (χ1n) is 10.2. The molecule has 0 bridgehead atoms. The molecular weight excluding hydrogens is 382 g/mol. The first-order chi connectivity index (χ1) is 14.7. The minimum Gasteiger partial charge on any atom is -0.310 e. The Labute approximate surface area is 181 Å². The van der Waals surface area contributed by atoms with E-state index in [0.717, 1.165) is 17.1 Å². The summed E-state index contributed by atoms with van der Waals surface area (Å²) < 4.78 is 1.33. The van der Waals surface area contributed by atoms with Gasteiger partial charge >= 0.3 is 0 Å². The predicted molar refractivity (Wildman–Crippen MR) is 131 cm³/mol. The van der Waals surface area contributed by atoms with Gasteiger partial charge in [-0.25, -0.2) is 0 Å². The molecule has 0 spiro atoms. The number of rotatable bonds is 4. The van der Waals surface area contributed by atoms with Crippen LogP contribution in [0.25, 0.3) is 20.5 Å². The molecule has 30 heavy (non-hydrogen) atoms. The van der Waals surface area contributed by atoms with Crippen LogP contribution in [0.15, 0.2) is 103 Å². The van der Waals surface area contributed by atoms with Crippen LogP contribution in [0.2, 0.25) is 0 Å². The van der Waals surface area contributed by atoms with Crippen molar-refractivity contribution in [2.45, 2.75) is 13.8 Å². The molecule has 4 aromatic carbocycles. The molecule has 0 fully saturated rings. The highest BCUT2D eigenvalue weighted by molar-refractivity contribution is 7.22. The third kappa shape index (κ3) is 3.62. The quantitative estimate of drug-likeness (QED) is 0.289. The topological polar surface area (TPSA) is 3.24 Å². The van der Waals surface area contributed by atoms with E-state index in [1.165, 1.54) is 31.7 Å². The first-order valence-corrected chi connectivity index (χ1v) is 11.0. The zero-order valence-corrected chi connectivity index (χ0v) is 18.0. The van der Waals surface area contributed by atoms with Crippen molar-refractivity contribution in [2.24, 2.45) is 0 Å². The van der Waals surface area contributed by atoms with Crippen molar-refractivity contribution in [1.29, 1.82) is 0 Å². The number of benzene rings is 4. The van der Waals surface area contributed by atoms with Gasteiger partial charge in [-0.05, 0) is 73.3 Å². The monoisotopic (exact) mass is 405 g/mol. The third-order valence-corrected chi connectivity index (χ3v) is 6.56. The standard InChI is InChI=1S/C28H23NS/c1-20-10-14-24(15-11-20)29(25-16-12-21(2)13-17-25)26-8-5-7-22(18-26)28-19-23-6-3-4-9-27(23)30-28/h3-19H,1-2H3. The second kappa shape index (κ2) is 7.81. The van der Waals surface area contributed by atoms with Crippen molar-refractivity contribution in [1.82, 2.24) is 0 Å². The van der Waals surface area contributed by atoms with Crippen molar-refractivity contribution in [3.05, 3.63) is 114 Å². The average Bonchev–Trinajstić information content (AvgIpc) is 3.21. The molecular formula is C28H23NS. The molecule has 0 amide bonds. The van der Waals surface area contributed by atoms with Crippen LogP contribution in [0.1, 0.15) is 11.1 Å². The van der Waals surface area contributed by atoms with Crippen molar-refractivity contribution in [3.63, 3.8) is 0 Å². The van der Waals surface area contributed by atoms with Gasteiger partial charge in [0, 0.05) is 26.6 Å². The lowest BCUT2D eigenvalue weighted by Gasteiger charge is -2.26. The second-order valence-corrected chi connectivity index (χ2v) is 8.79. The molecule has 0 N–H and O–H groups in total. The van der Waals surface area contributed by atoms with Crippen LogP contribution >= 0.6 is 11.3 Å². The van der Waals surface area contributed by atoms with E-state index < -0.39 is 0 Å². The fraction of sp³-hybridized carbons (Fsp3) is 0.0714. The zero-order valence-electron chi connectivity index (χ0n) is 17.2. The van der Waals surface area contributed by atoms with E-state index in [0.29, 0.717) is 0 Å². The van der Waals surface area contributed by atoms with Crippen LogP contribution in [0.4, 0.5) is 17.1 Å². The summed E-state index contributed by atoms with van der Waals surface area (Å²) in [5.41, 5.74) is 7.27. The number of hydrogen-bond donors (Lipinski definition) is 0. The number of nitrogens with zero attached hydrogens (tertiary/aromatic N) is 1. The number of thiophene rings is 1. The molecule has 0 aliphatic carbocycles. The highest BCUT2D eigenvalue weighted by atomic mass is 32.1. The van der Waals surface area contributed by atoms with E-state index in [2.05, 4.69) is 122 Å². The van der Waals surface area contributed by atoms with Gasteiger partial charge in [-0.3, -0.25) is 0 Å². The number of anilines is 3. The summed E-state index contributed by atoms with van der Waals surface area (Å²) in [6.07, 6.45) is 0. The highest BCUT2D eigenvalue weighted by Gasteiger charge is 2.14. The molecule has 0 aliphatic rings. The van der Waals surface area contributed by atoms with E-state index in [1.807, 2.05) is 11.3 Å². The molecule has 1 aromatic heterocycles. The summed E-state index contributed by atoms with van der Waals surface area (Å²) in [7, 11) is 0. The summed E-state index contributed by atoms with van der Waals surface area (Å²) >= 11 is 1.85. The maximum absolute atomic E-state index is 2.33. The zero-order chi connectivity index (χ0) is 20.5. The fourth-order valence-corrected chi connectivity index (χ4v) is 4.82. The maximum Gasteiger partial charge on any atom is 0.0468 e. The van der Waals surface area contributed by atoms with Gasteiger partial charge in [-0.2, -0.15) is 0 Å². The largest absolute Gasteiger partial charge is 0.310 e. The smallest absolute Gasteiger partial charge is 0.0468 e. The Hall–Kier alpha value is -3.36. The normalized spacial score (nSPS) is 11.0. The first kappa shape index (κ1) is 18.7. The Balaban J connectivity index is 1.63. The maximum atomic E-state index is 2.33. The lowest BCUT2D eigenvalue weighted by Crippen LogP contribution is -2.09. The molecule has 5 aromatic rings. The molecule has 0 atom stereocenters. The van der Waals surface area contributed by atoms with Crippen LogP contribution in [0, 0.1) is 13.8 Å². The Morgan fingerprint density at radius 2 is 1.20 bits per heavy atom. The Kier molecular flexibility index (Phi) is 4.86. The van der Waals surface area contributed by atoms with Gasteiger partial charge in [0.25, 0.3) is 0 Å². The molecule has 1 nitrogen and oxygen atoms in total. The Bertz CT molecular complexity index is 1220. The van der Waals surface area contributed by atoms with Crippen LogP contribution in [0.3, 0.4) is 0 Å². The molecule has 0 aliphatic heterocycles. The fourth-order valence-electron chi connectivity index (χ4n) is 3.76. The summed E-state index contributed by atoms with van der Waals surface area (Å²) in [5, 5.41) is 1.30. The molecule has 0 saturated heterocycles. The van der Waals surface area contributed by atoms with Crippen LogP contribution in [-0.2, 0) is 0 Å². The van der Waals surface area contributed by atoms with E-state index in [4.69, 9.17) is 0 Å². The van der Waals surface area contributed by atoms with Gasteiger partial charge in [0.05, 0.1) is 0 Å². The Morgan fingerprint density at radius 1 is 0.567 bits per heavy atom. The van der Waals surface area contributed by atoms with Crippen LogP contribution in [-0.4, -0.2) is 0 Å². The number of hydrogen-bond acceptors (Lipinski definition) is 2. The van der Waals surface area contributed by atoms with Crippen LogP contribution in [0.5, 0.6) is 0 Å². The van der Waals surface area contributed by atoms with Crippen molar-refractivity contribution in [2.75, 3.05) is 4.90 Å². The average molecular weight is 406 g/mol. The summed E-state index contributed by atoms with van der Waals surface area (Å²) in [5.74, 6) is 0. The van der Waals surface area contributed by atoms with Gasteiger partial charge in [-0.1, -0.05) is 65.7 Å². The lowest BCUT2D eigenvalue weighted by molar-refractivity contribution is 1.27. The molecule has 0 unspecified atom stereocenters. The molecule has 0 saturated carbocycles. The molecule has 0 radical (unpaired) electrons.